The van der Waals surface area contributed by atoms with E-state index in [0.717, 1.165) is 0 Å². The second-order valence-electron chi connectivity index (χ2n) is 10.3. The monoisotopic (exact) mass is 518 g/mol. The van der Waals surface area contributed by atoms with Gasteiger partial charge in [0.25, 0.3) is 0 Å². The van der Waals surface area contributed by atoms with E-state index in [1.54, 1.807) is 20.8 Å². The van der Waals surface area contributed by atoms with E-state index in [9.17, 15) is 29.1 Å². The predicted molar refractivity (Wildman–Crippen MR) is 135 cm³/mol. The van der Waals surface area contributed by atoms with Gasteiger partial charge in [0.15, 0.2) is 0 Å². The third-order valence-electron chi connectivity index (χ3n) is 4.68. The van der Waals surface area contributed by atoms with Gasteiger partial charge < -0.3 is 31.1 Å². The van der Waals surface area contributed by atoms with Crippen molar-refractivity contribution in [3.05, 3.63) is 0 Å². The molecule has 3 atom stereocenters. The summed E-state index contributed by atoms with van der Waals surface area (Å²) >= 11 is 1.50. The number of aliphatic carboxylic acids is 1. The molecule has 0 unspecified atom stereocenters. The number of ether oxygens (including phenoxy) is 1. The highest BCUT2D eigenvalue weighted by molar-refractivity contribution is 7.98. The van der Waals surface area contributed by atoms with Crippen LogP contribution in [-0.4, -0.2) is 76.2 Å². The number of carboxylic acid groups (broad SMARTS) is 1. The summed E-state index contributed by atoms with van der Waals surface area (Å²) in [6, 6.07) is -2.93. The second kappa shape index (κ2) is 14.2. The van der Waals surface area contributed by atoms with Gasteiger partial charge in [-0.05, 0) is 72.3 Å². The van der Waals surface area contributed by atoms with Crippen LogP contribution in [0.1, 0.15) is 68.2 Å². The lowest BCUT2D eigenvalue weighted by molar-refractivity contribution is -0.146. The van der Waals surface area contributed by atoms with Crippen molar-refractivity contribution in [2.24, 2.45) is 5.92 Å². The van der Waals surface area contributed by atoms with Gasteiger partial charge in [0.05, 0.1) is 0 Å². The molecule has 0 aromatic heterocycles. The first-order chi connectivity index (χ1) is 15.9. The lowest BCUT2D eigenvalue weighted by Gasteiger charge is -2.28. The van der Waals surface area contributed by atoms with Crippen LogP contribution in [-0.2, 0) is 23.9 Å². The maximum absolute atomic E-state index is 12.8. The lowest BCUT2D eigenvalue weighted by atomic mass is 10.00. The fourth-order valence-corrected chi connectivity index (χ4v) is 3.25. The lowest BCUT2D eigenvalue weighted by Crippen LogP contribution is -2.59. The van der Waals surface area contributed by atoms with Crippen LogP contribution in [0.3, 0.4) is 0 Å². The number of alkyl carbamates (subject to hydrolysis) is 1. The first-order valence-electron chi connectivity index (χ1n) is 11.5. The van der Waals surface area contributed by atoms with Crippen molar-refractivity contribution in [3.8, 4) is 0 Å². The molecular weight excluding hydrogens is 476 g/mol. The van der Waals surface area contributed by atoms with Crippen molar-refractivity contribution in [2.75, 3.05) is 12.0 Å². The fourth-order valence-electron chi connectivity index (χ4n) is 2.78. The number of carboxylic acids is 1. The number of rotatable bonds is 13. The molecule has 0 aromatic rings. The molecule has 5 N–H and O–H groups in total. The van der Waals surface area contributed by atoms with E-state index in [0.29, 0.717) is 12.2 Å². The van der Waals surface area contributed by atoms with Gasteiger partial charge in [0.1, 0.15) is 29.3 Å². The van der Waals surface area contributed by atoms with E-state index in [1.807, 2.05) is 20.1 Å². The fraction of sp³-hybridized carbons (Fsp3) is 0.783. The Hall–Kier alpha value is -2.50. The molecule has 0 aromatic carbocycles. The molecule has 4 amide bonds. The van der Waals surface area contributed by atoms with Crippen molar-refractivity contribution in [1.82, 2.24) is 21.3 Å². The highest BCUT2D eigenvalue weighted by Gasteiger charge is 2.34. The number of nitrogens with one attached hydrogen (secondary N) is 4. The standard InChI is InChI=1S/C23H42N4O7S/c1-13(2)12-16(19(30)27-23(7,8)20(31)32)25-17(28)14(3)24-18(29)15(10-11-35-9)26-21(33)34-22(4,5)6/h13-16H,10-12H2,1-9H3,(H,24,29)(H,25,28)(H,26,33)(H,27,30)(H,31,32)/t14-,15-,16-/m0/s1. The van der Waals surface area contributed by atoms with E-state index in [2.05, 4.69) is 21.3 Å². The Morgan fingerprint density at radius 3 is 1.89 bits per heavy atom. The topological polar surface area (TPSA) is 163 Å². The van der Waals surface area contributed by atoms with E-state index < -0.39 is 59.0 Å². The van der Waals surface area contributed by atoms with Crippen LogP contribution < -0.4 is 21.3 Å². The van der Waals surface area contributed by atoms with Crippen LogP contribution >= 0.6 is 11.8 Å². The molecule has 0 spiro atoms. The Morgan fingerprint density at radius 2 is 1.43 bits per heavy atom. The van der Waals surface area contributed by atoms with E-state index in [-0.39, 0.29) is 12.3 Å². The molecule has 0 bridgehead atoms. The summed E-state index contributed by atoms with van der Waals surface area (Å²) in [5, 5.41) is 19.4. The molecule has 35 heavy (non-hydrogen) atoms. The number of hydrogen-bond donors (Lipinski definition) is 5. The first kappa shape index (κ1) is 32.5. The second-order valence-corrected chi connectivity index (χ2v) is 11.3. The summed E-state index contributed by atoms with van der Waals surface area (Å²) in [7, 11) is 0. The average Bonchev–Trinajstić information content (AvgIpc) is 2.68. The molecule has 12 heteroatoms. The maximum atomic E-state index is 12.8. The van der Waals surface area contributed by atoms with E-state index in [1.165, 1.54) is 32.5 Å². The number of thioether (sulfide) groups is 1. The van der Waals surface area contributed by atoms with Crippen LogP contribution in [0.25, 0.3) is 0 Å². The zero-order valence-electron chi connectivity index (χ0n) is 22.2. The molecule has 0 saturated heterocycles. The molecule has 0 heterocycles. The minimum atomic E-state index is -1.52. The van der Waals surface area contributed by atoms with Crippen LogP contribution in [0.15, 0.2) is 0 Å². The van der Waals surface area contributed by atoms with Gasteiger partial charge in [-0.1, -0.05) is 13.8 Å². The quantitative estimate of drug-likeness (QED) is 0.246. The minimum absolute atomic E-state index is 0.0258. The largest absolute Gasteiger partial charge is 0.480 e. The highest BCUT2D eigenvalue weighted by Crippen LogP contribution is 2.10. The van der Waals surface area contributed by atoms with Crippen molar-refractivity contribution < 1.29 is 33.8 Å². The summed E-state index contributed by atoms with van der Waals surface area (Å²) in [4.78, 5) is 61.8. The number of amides is 4. The zero-order valence-corrected chi connectivity index (χ0v) is 23.1. The molecule has 0 radical (unpaired) electrons. The minimum Gasteiger partial charge on any atom is -0.480 e. The van der Waals surface area contributed by atoms with E-state index in [4.69, 9.17) is 4.74 Å². The summed E-state index contributed by atoms with van der Waals surface area (Å²) < 4.78 is 5.22. The first-order valence-corrected chi connectivity index (χ1v) is 12.9. The normalized spacial score (nSPS) is 14.3. The third kappa shape index (κ3) is 13.2. The van der Waals surface area contributed by atoms with Crippen molar-refractivity contribution >= 4 is 41.5 Å². The maximum Gasteiger partial charge on any atom is 0.408 e. The molecular formula is C23H42N4O7S. The number of carbonyl (C=O) groups is 5. The molecule has 0 aliphatic heterocycles. The van der Waals surface area contributed by atoms with Gasteiger partial charge in [-0.25, -0.2) is 9.59 Å². The van der Waals surface area contributed by atoms with Crippen molar-refractivity contribution in [2.45, 2.75) is 97.5 Å². The van der Waals surface area contributed by atoms with Gasteiger partial charge in [-0.3, -0.25) is 14.4 Å². The molecule has 0 aliphatic carbocycles. The van der Waals surface area contributed by atoms with Gasteiger partial charge in [-0.2, -0.15) is 11.8 Å². The van der Waals surface area contributed by atoms with Crippen LogP contribution in [0.4, 0.5) is 4.79 Å². The van der Waals surface area contributed by atoms with E-state index >= 15 is 0 Å². The number of carbonyl (C=O) groups excluding carboxylic acids is 4. The van der Waals surface area contributed by atoms with Gasteiger partial charge in [0.2, 0.25) is 17.7 Å². The molecule has 202 valence electrons. The molecule has 11 nitrogen and oxygen atoms in total. The summed E-state index contributed by atoms with van der Waals surface area (Å²) in [5.74, 6) is -2.42. The van der Waals surface area contributed by atoms with Crippen molar-refractivity contribution in [1.29, 1.82) is 0 Å². The molecule has 0 aliphatic rings. The van der Waals surface area contributed by atoms with Crippen LogP contribution in [0.5, 0.6) is 0 Å². The Kier molecular flexibility index (Phi) is 13.1. The number of hydrogen-bond acceptors (Lipinski definition) is 7. The Balaban J connectivity index is 5.31. The van der Waals surface area contributed by atoms with Crippen molar-refractivity contribution in [3.63, 3.8) is 0 Å². The van der Waals surface area contributed by atoms with Gasteiger partial charge in [0, 0.05) is 0 Å². The summed E-state index contributed by atoms with van der Waals surface area (Å²) in [6.07, 6.45) is 1.71. The summed E-state index contributed by atoms with van der Waals surface area (Å²) in [6.45, 7) is 13.0. The predicted octanol–water partition coefficient (Wildman–Crippen LogP) is 1.65. The Labute approximate surface area is 212 Å². The smallest absolute Gasteiger partial charge is 0.408 e. The molecule has 0 fully saturated rings. The van der Waals surface area contributed by atoms with Crippen LogP contribution in [0, 0.1) is 5.92 Å². The molecule has 0 saturated carbocycles. The molecule has 0 rings (SSSR count). The average molecular weight is 519 g/mol. The highest BCUT2D eigenvalue weighted by atomic mass is 32.2. The Bertz CT molecular complexity index is 765. The van der Waals surface area contributed by atoms with Gasteiger partial charge in [-0.15, -0.1) is 0 Å². The zero-order chi connectivity index (χ0) is 27.6. The van der Waals surface area contributed by atoms with Crippen LogP contribution in [0.2, 0.25) is 0 Å². The third-order valence-corrected chi connectivity index (χ3v) is 5.32. The Morgan fingerprint density at radius 1 is 0.857 bits per heavy atom. The van der Waals surface area contributed by atoms with Gasteiger partial charge >= 0.3 is 12.1 Å². The summed E-state index contributed by atoms with van der Waals surface area (Å²) in [5.41, 5.74) is -2.26. The SMILES string of the molecule is CSCC[C@H](NC(=O)OC(C)(C)C)C(=O)N[C@@H](C)C(=O)N[C@@H](CC(C)C)C(=O)NC(C)(C)C(=O)O.